The van der Waals surface area contributed by atoms with Crippen LogP contribution in [0.1, 0.15) is 19.7 Å². The molecule has 66 valence electrons. The lowest BCUT2D eigenvalue weighted by molar-refractivity contribution is 0.0114. The van der Waals surface area contributed by atoms with Crippen molar-refractivity contribution in [2.75, 3.05) is 7.11 Å². The number of hydrogen-bond donors (Lipinski definition) is 1. The number of ether oxygens (including phenoxy) is 1. The molecule has 0 atom stereocenters. The summed E-state index contributed by atoms with van der Waals surface area (Å²) in [7, 11) is 1.64. The van der Waals surface area contributed by atoms with E-state index in [9.17, 15) is 0 Å². The van der Waals surface area contributed by atoms with Gasteiger partial charge in [-0.05, 0) is 19.9 Å². The van der Waals surface area contributed by atoms with E-state index in [0.29, 0.717) is 4.64 Å². The van der Waals surface area contributed by atoms with Crippen molar-refractivity contribution in [1.82, 2.24) is 9.97 Å². The van der Waals surface area contributed by atoms with Gasteiger partial charge in [-0.25, -0.2) is 4.98 Å². The third kappa shape index (κ3) is 1.89. The smallest absolute Gasteiger partial charge is 0.138 e. The number of aromatic amines is 1. The number of H-pyrrole nitrogens is 1. The number of methoxy groups -OCH3 is 1. The number of nitrogens with zero attached hydrogens (tertiary/aromatic N) is 1. The molecule has 0 aromatic carbocycles. The van der Waals surface area contributed by atoms with E-state index in [4.69, 9.17) is 17.0 Å². The maximum absolute atomic E-state index is 5.24. The van der Waals surface area contributed by atoms with E-state index in [-0.39, 0.29) is 0 Å². The molecule has 3 nitrogen and oxygen atoms in total. The van der Waals surface area contributed by atoms with Gasteiger partial charge < -0.3 is 9.72 Å². The Labute approximate surface area is 76.8 Å². The fourth-order valence-electron chi connectivity index (χ4n) is 0.773. The minimum absolute atomic E-state index is 0.408. The van der Waals surface area contributed by atoms with Gasteiger partial charge in [0, 0.05) is 13.3 Å². The van der Waals surface area contributed by atoms with Crippen LogP contribution in [0.15, 0.2) is 12.3 Å². The van der Waals surface area contributed by atoms with Crippen molar-refractivity contribution in [3.05, 3.63) is 22.7 Å². The SMILES string of the molecule is COC(C)(C)c1nccc(=S)[nH]1. The zero-order valence-corrected chi connectivity index (χ0v) is 8.23. The molecule has 0 saturated carbocycles. The van der Waals surface area contributed by atoms with Crippen LogP contribution >= 0.6 is 12.2 Å². The Bertz CT molecular complexity index is 319. The zero-order chi connectivity index (χ0) is 9.19. The first-order valence-electron chi connectivity index (χ1n) is 3.67. The van der Waals surface area contributed by atoms with E-state index in [1.54, 1.807) is 19.4 Å². The number of nitrogens with one attached hydrogen (secondary N) is 1. The van der Waals surface area contributed by atoms with Crippen molar-refractivity contribution >= 4 is 12.2 Å². The second kappa shape index (κ2) is 3.33. The predicted octanol–water partition coefficient (Wildman–Crippen LogP) is 2.02. The van der Waals surface area contributed by atoms with Gasteiger partial charge in [0.2, 0.25) is 0 Å². The standard InChI is InChI=1S/C8H12N2OS/c1-8(2,11-3)7-9-5-4-6(12)10-7/h4-5H,1-3H3,(H,9,10,12). The van der Waals surface area contributed by atoms with Gasteiger partial charge in [0.15, 0.2) is 0 Å². The molecular weight excluding hydrogens is 172 g/mol. The van der Waals surface area contributed by atoms with Crippen LogP contribution in [0.4, 0.5) is 0 Å². The summed E-state index contributed by atoms with van der Waals surface area (Å²) in [5.74, 6) is 0.748. The van der Waals surface area contributed by atoms with Gasteiger partial charge in [-0.15, -0.1) is 0 Å². The second-order valence-corrected chi connectivity index (χ2v) is 3.44. The van der Waals surface area contributed by atoms with Crippen molar-refractivity contribution < 1.29 is 4.74 Å². The van der Waals surface area contributed by atoms with Gasteiger partial charge in [0.25, 0.3) is 0 Å². The van der Waals surface area contributed by atoms with Crippen LogP contribution in [-0.2, 0) is 10.3 Å². The minimum atomic E-state index is -0.408. The molecule has 0 bridgehead atoms. The molecule has 1 aromatic rings. The molecule has 0 aliphatic carbocycles. The largest absolute Gasteiger partial charge is 0.371 e. The van der Waals surface area contributed by atoms with E-state index >= 15 is 0 Å². The first-order valence-corrected chi connectivity index (χ1v) is 4.08. The van der Waals surface area contributed by atoms with Crippen LogP contribution in [0.2, 0.25) is 0 Å². The minimum Gasteiger partial charge on any atom is -0.371 e. The van der Waals surface area contributed by atoms with Crippen molar-refractivity contribution in [3.8, 4) is 0 Å². The highest BCUT2D eigenvalue weighted by Gasteiger charge is 2.21. The van der Waals surface area contributed by atoms with Crippen LogP contribution in [-0.4, -0.2) is 17.1 Å². The predicted molar refractivity (Wildman–Crippen MR) is 49.5 cm³/mol. The van der Waals surface area contributed by atoms with E-state index in [0.717, 1.165) is 5.82 Å². The summed E-state index contributed by atoms with van der Waals surface area (Å²) < 4.78 is 5.91. The lowest BCUT2D eigenvalue weighted by Gasteiger charge is -2.21. The molecule has 0 spiro atoms. The van der Waals surface area contributed by atoms with Crippen LogP contribution < -0.4 is 0 Å². The molecule has 0 saturated heterocycles. The molecule has 1 aromatic heterocycles. The van der Waals surface area contributed by atoms with Crippen LogP contribution in [0.3, 0.4) is 0 Å². The molecule has 1 N–H and O–H groups in total. The molecule has 0 amide bonds. The zero-order valence-electron chi connectivity index (χ0n) is 7.42. The quantitative estimate of drug-likeness (QED) is 0.714. The topological polar surface area (TPSA) is 37.9 Å². The normalized spacial score (nSPS) is 11.6. The van der Waals surface area contributed by atoms with Gasteiger partial charge in [-0.1, -0.05) is 12.2 Å². The summed E-state index contributed by atoms with van der Waals surface area (Å²) in [4.78, 5) is 7.11. The summed E-state index contributed by atoms with van der Waals surface area (Å²) >= 11 is 4.97. The summed E-state index contributed by atoms with van der Waals surface area (Å²) in [6.45, 7) is 3.86. The second-order valence-electron chi connectivity index (χ2n) is 3.00. The molecule has 1 heterocycles. The Hall–Kier alpha value is -0.740. The van der Waals surface area contributed by atoms with Crippen LogP contribution in [0.5, 0.6) is 0 Å². The van der Waals surface area contributed by atoms with Crippen molar-refractivity contribution in [2.24, 2.45) is 0 Å². The number of aromatic nitrogens is 2. The van der Waals surface area contributed by atoms with E-state index in [1.807, 2.05) is 13.8 Å². The Balaban J connectivity index is 3.11. The first-order chi connectivity index (χ1) is 5.56. The van der Waals surface area contributed by atoms with E-state index < -0.39 is 5.60 Å². The fourth-order valence-corrected chi connectivity index (χ4v) is 0.930. The number of rotatable bonds is 2. The van der Waals surface area contributed by atoms with Crippen molar-refractivity contribution in [1.29, 1.82) is 0 Å². The third-order valence-electron chi connectivity index (χ3n) is 1.75. The molecule has 1 rings (SSSR count). The highest BCUT2D eigenvalue weighted by Crippen LogP contribution is 2.18. The third-order valence-corrected chi connectivity index (χ3v) is 1.99. The summed E-state index contributed by atoms with van der Waals surface area (Å²) in [5.41, 5.74) is -0.408. The number of hydrogen-bond acceptors (Lipinski definition) is 3. The van der Waals surface area contributed by atoms with Crippen LogP contribution in [0.25, 0.3) is 0 Å². The average molecular weight is 184 g/mol. The molecule has 0 fully saturated rings. The van der Waals surface area contributed by atoms with E-state index in [1.165, 1.54) is 0 Å². The van der Waals surface area contributed by atoms with Gasteiger partial charge in [0.1, 0.15) is 16.1 Å². The van der Waals surface area contributed by atoms with Gasteiger partial charge >= 0.3 is 0 Å². The van der Waals surface area contributed by atoms with Gasteiger partial charge in [0.05, 0.1) is 0 Å². The Morgan fingerprint density at radius 1 is 1.58 bits per heavy atom. The first kappa shape index (κ1) is 9.35. The fraction of sp³-hybridized carbons (Fsp3) is 0.500. The van der Waals surface area contributed by atoms with Gasteiger partial charge in [-0.2, -0.15) is 0 Å². The average Bonchev–Trinajstić information content (AvgIpc) is 2.05. The van der Waals surface area contributed by atoms with Crippen LogP contribution in [0, 0.1) is 4.64 Å². The van der Waals surface area contributed by atoms with E-state index in [2.05, 4.69) is 9.97 Å². The molecule has 0 aliphatic rings. The Morgan fingerprint density at radius 2 is 2.25 bits per heavy atom. The van der Waals surface area contributed by atoms with Gasteiger partial charge in [-0.3, -0.25) is 0 Å². The maximum Gasteiger partial charge on any atom is 0.138 e. The lowest BCUT2D eigenvalue weighted by Crippen LogP contribution is -2.22. The highest BCUT2D eigenvalue weighted by atomic mass is 32.1. The molecular formula is C8H12N2OS. The summed E-state index contributed by atoms with van der Waals surface area (Å²) in [5, 5.41) is 0. The Kier molecular flexibility index (Phi) is 2.59. The molecule has 4 heteroatoms. The lowest BCUT2D eigenvalue weighted by atomic mass is 10.1. The molecule has 0 radical (unpaired) electrons. The molecule has 0 aliphatic heterocycles. The maximum atomic E-state index is 5.24. The highest BCUT2D eigenvalue weighted by molar-refractivity contribution is 7.71. The van der Waals surface area contributed by atoms with Crippen molar-refractivity contribution in [3.63, 3.8) is 0 Å². The summed E-state index contributed by atoms with van der Waals surface area (Å²) in [6.07, 6.45) is 1.68. The van der Waals surface area contributed by atoms with Crippen molar-refractivity contribution in [2.45, 2.75) is 19.4 Å². The molecule has 0 unspecified atom stereocenters. The summed E-state index contributed by atoms with van der Waals surface area (Å²) in [6, 6.07) is 1.74. The monoisotopic (exact) mass is 184 g/mol. The molecule has 12 heavy (non-hydrogen) atoms. The Morgan fingerprint density at radius 3 is 2.75 bits per heavy atom.